The lowest BCUT2D eigenvalue weighted by Crippen LogP contribution is -2.41. The highest BCUT2D eigenvalue weighted by Crippen LogP contribution is 2.41. The predicted octanol–water partition coefficient (Wildman–Crippen LogP) is 17.2. The van der Waals surface area contributed by atoms with Gasteiger partial charge in [-0.15, -0.1) is 0 Å². The molecule has 2 atom stereocenters. The van der Waals surface area contributed by atoms with Crippen LogP contribution < -0.4 is 25.3 Å². The Bertz CT molecular complexity index is 2570. The molecule has 0 amide bonds. The molecule has 0 bridgehead atoms. The number of unbranched alkanes of at least 4 members (excludes halogenated alkanes) is 8. The molecular formula is C66H92B2N2O6. The van der Waals surface area contributed by atoms with E-state index in [1.165, 1.54) is 103 Å². The predicted molar refractivity (Wildman–Crippen MR) is 321 cm³/mol. The Labute approximate surface area is 459 Å². The molecule has 2 unspecified atom stereocenters. The van der Waals surface area contributed by atoms with Crippen molar-refractivity contribution in [2.24, 2.45) is 11.8 Å². The summed E-state index contributed by atoms with van der Waals surface area (Å²) in [6.45, 7) is 27.5. The zero-order chi connectivity index (χ0) is 54.1. The average molecular weight is 1030 g/mol. The van der Waals surface area contributed by atoms with E-state index in [1.807, 2.05) is 0 Å². The van der Waals surface area contributed by atoms with Gasteiger partial charge >= 0.3 is 14.2 Å². The first kappa shape index (κ1) is 57.4. The van der Waals surface area contributed by atoms with Gasteiger partial charge in [0.2, 0.25) is 0 Å². The molecule has 6 aromatic rings. The summed E-state index contributed by atoms with van der Waals surface area (Å²) >= 11 is 0. The fraction of sp³-hybridized carbons (Fsp3) is 0.545. The summed E-state index contributed by atoms with van der Waals surface area (Å²) in [5.74, 6) is 3.00. The second kappa shape index (κ2) is 25.4. The number of ether oxygens (including phenoxy) is 2. The highest BCUT2D eigenvalue weighted by atomic mass is 16.7. The van der Waals surface area contributed by atoms with Crippen LogP contribution in [0, 0.1) is 11.8 Å². The van der Waals surface area contributed by atoms with E-state index in [0.717, 1.165) is 80.2 Å². The van der Waals surface area contributed by atoms with E-state index in [0.29, 0.717) is 11.8 Å². The number of anilines is 3. The molecule has 0 aliphatic carbocycles. The number of rotatable bonds is 28. The summed E-state index contributed by atoms with van der Waals surface area (Å²) < 4.78 is 41.9. The summed E-state index contributed by atoms with van der Waals surface area (Å²) in [6, 6.07) is 39.6. The van der Waals surface area contributed by atoms with Crippen molar-refractivity contribution in [3.63, 3.8) is 0 Å². The highest BCUT2D eigenvalue weighted by molar-refractivity contribution is 6.63. The molecule has 5 aromatic carbocycles. The van der Waals surface area contributed by atoms with Crippen LogP contribution in [0.4, 0.5) is 17.1 Å². The molecule has 2 aliphatic rings. The van der Waals surface area contributed by atoms with Crippen LogP contribution >= 0.6 is 0 Å². The summed E-state index contributed by atoms with van der Waals surface area (Å²) in [7, 11) is -0.978. The Morgan fingerprint density at radius 1 is 0.421 bits per heavy atom. The fourth-order valence-corrected chi connectivity index (χ4v) is 10.9. The van der Waals surface area contributed by atoms with E-state index in [2.05, 4.69) is 202 Å². The molecule has 0 N–H and O–H groups in total. The molecule has 2 saturated heterocycles. The molecule has 2 aliphatic heterocycles. The van der Waals surface area contributed by atoms with Crippen molar-refractivity contribution in [1.29, 1.82) is 0 Å². The molecule has 76 heavy (non-hydrogen) atoms. The third-order valence-electron chi connectivity index (χ3n) is 17.3. The molecular weight excluding hydrogens is 938 g/mol. The van der Waals surface area contributed by atoms with Gasteiger partial charge < -0.3 is 37.6 Å². The minimum Gasteiger partial charge on any atom is -0.493 e. The maximum absolute atomic E-state index is 6.59. The number of benzene rings is 5. The summed E-state index contributed by atoms with van der Waals surface area (Å²) in [5, 5.41) is 2.22. The Morgan fingerprint density at radius 2 is 0.763 bits per heavy atom. The largest absolute Gasteiger partial charge is 0.494 e. The molecule has 2 fully saturated rings. The molecule has 0 radical (unpaired) electrons. The van der Waals surface area contributed by atoms with Gasteiger partial charge in [0, 0.05) is 33.5 Å². The van der Waals surface area contributed by atoms with Crippen LogP contribution in [0.1, 0.15) is 186 Å². The first-order chi connectivity index (χ1) is 36.5. The van der Waals surface area contributed by atoms with E-state index in [4.69, 9.17) is 28.1 Å². The Hall–Kier alpha value is -4.73. The van der Waals surface area contributed by atoms with Gasteiger partial charge in [0.25, 0.3) is 0 Å². The van der Waals surface area contributed by atoms with Gasteiger partial charge in [-0.2, -0.15) is 0 Å². The third kappa shape index (κ3) is 13.4. The van der Waals surface area contributed by atoms with Crippen LogP contribution in [-0.4, -0.2) is 54.4 Å². The third-order valence-corrected chi connectivity index (χ3v) is 17.3. The number of fused-ring (bicyclic) bond motifs is 3. The molecule has 0 spiro atoms. The van der Waals surface area contributed by atoms with Gasteiger partial charge in [-0.25, -0.2) is 0 Å². The lowest BCUT2D eigenvalue weighted by atomic mass is 9.77. The van der Waals surface area contributed by atoms with Crippen molar-refractivity contribution in [1.82, 2.24) is 4.57 Å². The second-order valence-electron chi connectivity index (χ2n) is 24.2. The van der Waals surface area contributed by atoms with Crippen molar-refractivity contribution in [2.75, 3.05) is 18.1 Å². The van der Waals surface area contributed by atoms with Crippen molar-refractivity contribution in [3.05, 3.63) is 109 Å². The minimum atomic E-state index is -0.489. The zero-order valence-electron chi connectivity index (χ0n) is 48.8. The van der Waals surface area contributed by atoms with Crippen molar-refractivity contribution in [2.45, 2.75) is 208 Å². The SMILES string of the molecule is CCCCCCC(CCCC)COc1ccc(N(c2ccc(OCC(CCCC)CCCCCC)cc2)c2ccc(-n3c4ccc(B5OC(C)(C)C(C)(C)O5)cc4c4cc(B5OC(C)(C)C(C)(C)O5)ccc43)cc2)cc1. The number of hydrogen-bond donors (Lipinski definition) is 0. The van der Waals surface area contributed by atoms with Gasteiger partial charge in [0.05, 0.1) is 46.7 Å². The Morgan fingerprint density at radius 3 is 1.12 bits per heavy atom. The van der Waals surface area contributed by atoms with E-state index in [1.54, 1.807) is 0 Å². The van der Waals surface area contributed by atoms with Gasteiger partial charge in [-0.05, 0) is 189 Å². The van der Waals surface area contributed by atoms with Gasteiger partial charge in [-0.3, -0.25) is 0 Å². The number of nitrogens with zero attached hydrogens (tertiary/aromatic N) is 2. The lowest BCUT2D eigenvalue weighted by Gasteiger charge is -2.32. The van der Waals surface area contributed by atoms with Crippen molar-refractivity contribution in [3.8, 4) is 17.2 Å². The summed E-state index contributed by atoms with van der Waals surface area (Å²) in [4.78, 5) is 2.34. The first-order valence-corrected chi connectivity index (χ1v) is 29.6. The van der Waals surface area contributed by atoms with E-state index >= 15 is 0 Å². The van der Waals surface area contributed by atoms with Gasteiger partial charge in [-0.1, -0.05) is 129 Å². The standard InChI is InChI=1S/C66H92B2N2O6/c1-13-17-21-23-27-49(25-19-15-3)47-71-57-39-35-54(36-40-57)69(55-37-41-58(42-38-55)72-48-50(26-20-16-4)28-24-22-18-14-2)53-31-33-56(34-32-53)70-61-43-29-51(67-73-63(5,6)64(7,8)74-67)45-59(61)60-46-52(30-44-62(60)70)68-75-65(9,10)66(11,12)76-68/h29-46,49-50H,13-28,47-48H2,1-12H3. The van der Waals surface area contributed by atoms with E-state index < -0.39 is 36.6 Å². The van der Waals surface area contributed by atoms with Gasteiger partial charge in [0.1, 0.15) is 11.5 Å². The molecule has 0 saturated carbocycles. The fourth-order valence-electron chi connectivity index (χ4n) is 10.9. The highest BCUT2D eigenvalue weighted by Gasteiger charge is 2.53. The summed E-state index contributed by atoms with van der Waals surface area (Å²) in [5.41, 5.74) is 6.56. The quantitative estimate of drug-likeness (QED) is 0.0358. The van der Waals surface area contributed by atoms with Crippen LogP contribution in [0.15, 0.2) is 109 Å². The number of aromatic nitrogens is 1. The zero-order valence-corrected chi connectivity index (χ0v) is 48.8. The Balaban J connectivity index is 1.12. The van der Waals surface area contributed by atoms with Gasteiger partial charge in [0.15, 0.2) is 0 Å². The van der Waals surface area contributed by atoms with Crippen molar-refractivity contribution >= 4 is 64.0 Å². The van der Waals surface area contributed by atoms with Crippen LogP contribution in [0.3, 0.4) is 0 Å². The summed E-state index contributed by atoms with van der Waals surface area (Å²) in [6.07, 6.45) is 20.2. The number of hydrogen-bond acceptors (Lipinski definition) is 7. The maximum Gasteiger partial charge on any atom is 0.494 e. The topological polar surface area (TPSA) is 63.6 Å². The van der Waals surface area contributed by atoms with E-state index in [9.17, 15) is 0 Å². The minimum absolute atomic E-state index is 0.457. The van der Waals surface area contributed by atoms with Crippen LogP contribution in [0.5, 0.6) is 11.5 Å². The normalized spacial score (nSPS) is 17.4. The first-order valence-electron chi connectivity index (χ1n) is 29.6. The van der Waals surface area contributed by atoms with Crippen molar-refractivity contribution < 1.29 is 28.1 Å². The van der Waals surface area contributed by atoms with Crippen LogP contribution in [-0.2, 0) is 18.6 Å². The molecule has 3 heterocycles. The maximum atomic E-state index is 6.59. The van der Waals surface area contributed by atoms with Crippen LogP contribution in [0.2, 0.25) is 0 Å². The smallest absolute Gasteiger partial charge is 0.493 e. The molecule has 10 heteroatoms. The lowest BCUT2D eigenvalue weighted by molar-refractivity contribution is 0.00578. The molecule has 8 rings (SSSR count). The average Bonchev–Trinajstić information content (AvgIpc) is 3.98. The molecule has 408 valence electrons. The molecule has 8 nitrogen and oxygen atoms in total. The van der Waals surface area contributed by atoms with E-state index in [-0.39, 0.29) is 0 Å². The second-order valence-corrected chi connectivity index (χ2v) is 24.2. The van der Waals surface area contributed by atoms with Crippen LogP contribution in [0.25, 0.3) is 27.5 Å². The monoisotopic (exact) mass is 1030 g/mol. The molecule has 1 aromatic heterocycles. The Kier molecular flexibility index (Phi) is 19.2.